The maximum Gasteiger partial charge on any atom is 0.335 e. The Labute approximate surface area is 117 Å². The van der Waals surface area contributed by atoms with Crippen LogP contribution < -0.4 is 0 Å². The first-order valence-corrected chi connectivity index (χ1v) is 8.06. The van der Waals surface area contributed by atoms with Crippen molar-refractivity contribution in [2.45, 2.75) is 25.6 Å². The van der Waals surface area contributed by atoms with Crippen molar-refractivity contribution in [1.29, 1.82) is 0 Å². The van der Waals surface area contributed by atoms with Gasteiger partial charge in [0.05, 0.1) is 16.6 Å². The molecule has 1 aromatic carbocycles. The minimum Gasteiger partial charge on any atom is -0.478 e. The Morgan fingerprint density at radius 3 is 2.60 bits per heavy atom. The van der Waals surface area contributed by atoms with Gasteiger partial charge in [-0.25, -0.2) is 13.2 Å². The van der Waals surface area contributed by atoms with Gasteiger partial charge >= 0.3 is 5.97 Å². The van der Waals surface area contributed by atoms with Crippen LogP contribution in [0.3, 0.4) is 0 Å². The molecule has 108 valence electrons. The van der Waals surface area contributed by atoms with Gasteiger partial charge in [-0.3, -0.25) is 0 Å². The van der Waals surface area contributed by atoms with Crippen LogP contribution in [0.5, 0.6) is 0 Å². The van der Waals surface area contributed by atoms with Crippen molar-refractivity contribution in [3.05, 3.63) is 36.0 Å². The number of aromatic nitrogens is 1. The fourth-order valence-electron chi connectivity index (χ4n) is 1.97. The molecule has 0 aliphatic carbocycles. The number of carbonyl (C=O) groups is 1. The highest BCUT2D eigenvalue weighted by atomic mass is 32.2. The standard InChI is InChI=1S/C14H17NO4S/c1-10(2)20(18,19)8-7-15-6-5-11-3-4-12(14(16)17)9-13(11)15/h3-6,9-10H,7-8H2,1-2H3,(H,16,17). The smallest absolute Gasteiger partial charge is 0.335 e. The first kappa shape index (κ1) is 14.6. The summed E-state index contributed by atoms with van der Waals surface area (Å²) < 4.78 is 25.4. The van der Waals surface area contributed by atoms with E-state index in [0.717, 1.165) is 10.9 Å². The maximum absolute atomic E-state index is 11.8. The molecule has 0 amide bonds. The Bertz CT molecular complexity index is 744. The molecule has 1 aromatic heterocycles. The summed E-state index contributed by atoms with van der Waals surface area (Å²) in [7, 11) is -3.11. The lowest BCUT2D eigenvalue weighted by molar-refractivity contribution is 0.0697. The summed E-state index contributed by atoms with van der Waals surface area (Å²) in [5.74, 6) is -0.944. The van der Waals surface area contributed by atoms with Gasteiger partial charge in [0.15, 0.2) is 9.84 Å². The van der Waals surface area contributed by atoms with E-state index in [1.807, 2.05) is 6.07 Å². The first-order valence-electron chi connectivity index (χ1n) is 6.35. The Hall–Kier alpha value is -1.82. The van der Waals surface area contributed by atoms with E-state index in [4.69, 9.17) is 5.11 Å². The zero-order valence-electron chi connectivity index (χ0n) is 11.4. The molecule has 2 aromatic rings. The number of fused-ring (bicyclic) bond motifs is 1. The van der Waals surface area contributed by atoms with E-state index in [0.29, 0.717) is 6.54 Å². The third kappa shape index (κ3) is 2.85. The lowest BCUT2D eigenvalue weighted by atomic mass is 10.2. The van der Waals surface area contributed by atoms with Gasteiger partial charge in [0.25, 0.3) is 0 Å². The van der Waals surface area contributed by atoms with Gasteiger partial charge in [0.1, 0.15) is 0 Å². The van der Waals surface area contributed by atoms with Crippen molar-refractivity contribution in [1.82, 2.24) is 4.57 Å². The average Bonchev–Trinajstić information content (AvgIpc) is 2.78. The van der Waals surface area contributed by atoms with E-state index < -0.39 is 21.1 Å². The number of rotatable bonds is 5. The van der Waals surface area contributed by atoms with Crippen LogP contribution in [0.15, 0.2) is 30.5 Å². The molecule has 0 unspecified atom stereocenters. The van der Waals surface area contributed by atoms with Gasteiger partial charge in [-0.05, 0) is 37.4 Å². The molecule has 0 radical (unpaired) electrons. The molecular formula is C14H17NO4S. The van der Waals surface area contributed by atoms with Crippen LogP contribution >= 0.6 is 0 Å². The first-order chi connectivity index (χ1) is 9.31. The number of benzene rings is 1. The van der Waals surface area contributed by atoms with Crippen molar-refractivity contribution in [2.75, 3.05) is 5.75 Å². The average molecular weight is 295 g/mol. The van der Waals surface area contributed by atoms with Crippen LogP contribution in [0.1, 0.15) is 24.2 Å². The molecule has 0 saturated heterocycles. The highest BCUT2D eigenvalue weighted by molar-refractivity contribution is 7.91. The Balaban J connectivity index is 2.31. The minimum absolute atomic E-state index is 0.0474. The van der Waals surface area contributed by atoms with Crippen molar-refractivity contribution >= 4 is 26.7 Å². The topological polar surface area (TPSA) is 76.4 Å². The van der Waals surface area contributed by atoms with Gasteiger partial charge in [-0.15, -0.1) is 0 Å². The molecule has 0 aliphatic heterocycles. The zero-order chi connectivity index (χ0) is 14.9. The third-order valence-electron chi connectivity index (χ3n) is 3.36. The molecule has 0 atom stereocenters. The third-order valence-corrected chi connectivity index (χ3v) is 5.54. The van der Waals surface area contributed by atoms with Crippen LogP contribution in [0.2, 0.25) is 0 Å². The highest BCUT2D eigenvalue weighted by Crippen LogP contribution is 2.18. The maximum atomic E-state index is 11.8. The molecular weight excluding hydrogens is 278 g/mol. The number of nitrogens with zero attached hydrogens (tertiary/aromatic N) is 1. The molecule has 1 N–H and O–H groups in total. The number of carboxylic acid groups (broad SMARTS) is 1. The Morgan fingerprint density at radius 1 is 1.30 bits per heavy atom. The molecule has 2 rings (SSSR count). The second kappa shape index (κ2) is 5.28. The minimum atomic E-state index is -3.11. The number of aryl methyl sites for hydroxylation is 1. The normalized spacial score (nSPS) is 12.2. The van der Waals surface area contributed by atoms with E-state index in [1.165, 1.54) is 0 Å². The van der Waals surface area contributed by atoms with Crippen molar-refractivity contribution in [3.8, 4) is 0 Å². The largest absolute Gasteiger partial charge is 0.478 e. The summed E-state index contributed by atoms with van der Waals surface area (Å²) in [5, 5.41) is 9.50. The Morgan fingerprint density at radius 2 is 2.00 bits per heavy atom. The van der Waals surface area contributed by atoms with Crippen molar-refractivity contribution < 1.29 is 18.3 Å². The molecule has 0 saturated carbocycles. The van der Waals surface area contributed by atoms with Gasteiger partial charge in [-0.1, -0.05) is 6.07 Å². The van der Waals surface area contributed by atoms with E-state index in [9.17, 15) is 13.2 Å². The highest BCUT2D eigenvalue weighted by Gasteiger charge is 2.16. The Kier molecular flexibility index (Phi) is 3.85. The van der Waals surface area contributed by atoms with Crippen LogP contribution in [0.4, 0.5) is 0 Å². The molecule has 0 aliphatic rings. The lowest BCUT2D eigenvalue weighted by Crippen LogP contribution is -2.20. The van der Waals surface area contributed by atoms with E-state index >= 15 is 0 Å². The van der Waals surface area contributed by atoms with E-state index in [1.54, 1.807) is 42.8 Å². The lowest BCUT2D eigenvalue weighted by Gasteiger charge is -2.09. The second-order valence-electron chi connectivity index (χ2n) is 5.00. The second-order valence-corrected chi connectivity index (χ2v) is 7.68. The number of carboxylic acids is 1. The molecule has 1 heterocycles. The fraction of sp³-hybridized carbons (Fsp3) is 0.357. The van der Waals surface area contributed by atoms with Gasteiger partial charge < -0.3 is 9.67 Å². The van der Waals surface area contributed by atoms with Crippen LogP contribution in [-0.4, -0.2) is 35.1 Å². The van der Waals surface area contributed by atoms with Crippen LogP contribution in [0, 0.1) is 0 Å². The van der Waals surface area contributed by atoms with Gasteiger partial charge in [-0.2, -0.15) is 0 Å². The summed E-state index contributed by atoms with van der Waals surface area (Å²) >= 11 is 0. The number of sulfone groups is 1. The zero-order valence-corrected chi connectivity index (χ0v) is 12.2. The summed E-state index contributed by atoms with van der Waals surface area (Å²) in [5.41, 5.74) is 0.938. The van der Waals surface area contributed by atoms with Gasteiger partial charge in [0, 0.05) is 18.3 Å². The molecule has 0 spiro atoms. The van der Waals surface area contributed by atoms with Crippen LogP contribution in [-0.2, 0) is 16.4 Å². The van der Waals surface area contributed by atoms with Crippen molar-refractivity contribution in [3.63, 3.8) is 0 Å². The fourth-order valence-corrected chi connectivity index (χ4v) is 2.90. The number of hydrogen-bond acceptors (Lipinski definition) is 3. The summed E-state index contributed by atoms with van der Waals surface area (Å²) in [6.45, 7) is 3.64. The predicted octanol–water partition coefficient (Wildman–Crippen LogP) is 2.16. The summed E-state index contributed by atoms with van der Waals surface area (Å²) in [4.78, 5) is 11.0. The van der Waals surface area contributed by atoms with Crippen molar-refractivity contribution in [2.24, 2.45) is 0 Å². The monoisotopic (exact) mass is 295 g/mol. The quantitative estimate of drug-likeness (QED) is 0.917. The number of aromatic carboxylic acids is 1. The molecule has 6 heteroatoms. The molecule has 20 heavy (non-hydrogen) atoms. The SMILES string of the molecule is CC(C)S(=O)(=O)CCn1ccc2ccc(C(=O)O)cc21. The molecule has 0 bridgehead atoms. The predicted molar refractivity (Wildman–Crippen MR) is 77.8 cm³/mol. The number of hydrogen-bond donors (Lipinski definition) is 1. The van der Waals surface area contributed by atoms with E-state index in [-0.39, 0.29) is 11.3 Å². The summed E-state index contributed by atoms with van der Waals surface area (Å²) in [6, 6.07) is 6.69. The molecule has 5 nitrogen and oxygen atoms in total. The van der Waals surface area contributed by atoms with Gasteiger partial charge in [0.2, 0.25) is 0 Å². The molecule has 0 fully saturated rings. The van der Waals surface area contributed by atoms with E-state index in [2.05, 4.69) is 0 Å². The summed E-state index contributed by atoms with van der Waals surface area (Å²) in [6.07, 6.45) is 1.78. The van der Waals surface area contributed by atoms with Crippen LogP contribution in [0.25, 0.3) is 10.9 Å².